The normalized spacial score (nSPS) is 12.6. The first-order valence-electron chi connectivity index (χ1n) is 7.26. The van der Waals surface area contributed by atoms with Gasteiger partial charge in [0, 0.05) is 34.7 Å². The highest BCUT2D eigenvalue weighted by molar-refractivity contribution is 9.10. The number of nitrogens with one attached hydrogen (secondary N) is 1. The minimum Gasteiger partial charge on any atom is -0.313 e. The van der Waals surface area contributed by atoms with E-state index < -0.39 is 0 Å². The van der Waals surface area contributed by atoms with Crippen molar-refractivity contribution in [1.82, 2.24) is 15.1 Å². The molecular formula is C16H21BrFN3. The number of likely N-dealkylation sites (N-methyl/N-ethyl adjacent to an activating group) is 1. The van der Waals surface area contributed by atoms with Crippen molar-refractivity contribution in [2.45, 2.75) is 39.3 Å². The lowest BCUT2D eigenvalue weighted by Gasteiger charge is -2.18. The maximum absolute atomic E-state index is 14.2. The van der Waals surface area contributed by atoms with Crippen LogP contribution in [0.4, 0.5) is 4.39 Å². The summed E-state index contributed by atoms with van der Waals surface area (Å²) in [5.74, 6) is -0.193. The van der Waals surface area contributed by atoms with Gasteiger partial charge in [0.15, 0.2) is 0 Å². The molecule has 5 heteroatoms. The molecule has 0 spiro atoms. The van der Waals surface area contributed by atoms with Gasteiger partial charge in [0.2, 0.25) is 0 Å². The van der Waals surface area contributed by atoms with E-state index >= 15 is 0 Å². The molecule has 0 radical (unpaired) electrons. The number of hydrogen-bond donors (Lipinski definition) is 1. The Bertz CT molecular complexity index is 610. The molecule has 0 aliphatic carbocycles. The third-order valence-corrected chi connectivity index (χ3v) is 4.17. The van der Waals surface area contributed by atoms with Crippen molar-refractivity contribution >= 4 is 15.9 Å². The summed E-state index contributed by atoms with van der Waals surface area (Å²) in [6.45, 7) is 5.00. The lowest BCUT2D eigenvalue weighted by molar-refractivity contribution is 0.510. The number of benzene rings is 1. The summed E-state index contributed by atoms with van der Waals surface area (Å²) in [4.78, 5) is 0. The van der Waals surface area contributed by atoms with Gasteiger partial charge in [0.25, 0.3) is 0 Å². The Morgan fingerprint density at radius 1 is 1.33 bits per heavy atom. The molecule has 1 heterocycles. The molecular weight excluding hydrogens is 333 g/mol. The van der Waals surface area contributed by atoms with Crippen molar-refractivity contribution in [3.8, 4) is 0 Å². The van der Waals surface area contributed by atoms with Gasteiger partial charge in [-0.15, -0.1) is 0 Å². The van der Waals surface area contributed by atoms with E-state index in [2.05, 4.69) is 46.3 Å². The van der Waals surface area contributed by atoms with Crippen molar-refractivity contribution in [2.75, 3.05) is 7.05 Å². The Morgan fingerprint density at radius 2 is 2.10 bits per heavy atom. The third kappa shape index (κ3) is 3.71. The van der Waals surface area contributed by atoms with E-state index in [1.165, 1.54) is 6.07 Å². The Hall–Kier alpha value is -1.20. The fourth-order valence-electron chi connectivity index (χ4n) is 2.49. The number of aryl methyl sites for hydroxylation is 2. The molecule has 1 aromatic carbocycles. The van der Waals surface area contributed by atoms with E-state index in [-0.39, 0.29) is 11.9 Å². The van der Waals surface area contributed by atoms with Crippen LogP contribution in [0.25, 0.3) is 0 Å². The number of hydrogen-bond acceptors (Lipinski definition) is 2. The highest BCUT2D eigenvalue weighted by atomic mass is 79.9. The Balaban J connectivity index is 2.28. The van der Waals surface area contributed by atoms with Crippen LogP contribution in [-0.4, -0.2) is 16.8 Å². The number of rotatable bonds is 6. The van der Waals surface area contributed by atoms with Gasteiger partial charge >= 0.3 is 0 Å². The molecule has 0 amide bonds. The molecule has 0 fully saturated rings. The summed E-state index contributed by atoms with van der Waals surface area (Å²) >= 11 is 3.30. The van der Waals surface area contributed by atoms with Crippen LogP contribution in [0.1, 0.15) is 36.8 Å². The maximum Gasteiger partial charge on any atom is 0.129 e. The molecule has 2 rings (SSSR count). The third-order valence-electron chi connectivity index (χ3n) is 3.68. The summed E-state index contributed by atoms with van der Waals surface area (Å²) in [6.07, 6.45) is 1.63. The lowest BCUT2D eigenvalue weighted by Crippen LogP contribution is -2.21. The van der Waals surface area contributed by atoms with Crippen LogP contribution in [0.2, 0.25) is 0 Å². The molecule has 0 bridgehead atoms. The standard InChI is InChI=1S/C16H21BrFN3/c1-4-12-9-13(21(5-2)20-12)10-16(19-3)14-7-6-11(17)8-15(14)18/h6-9,16,19H,4-5,10H2,1-3H3. The van der Waals surface area contributed by atoms with Crippen LogP contribution in [-0.2, 0) is 19.4 Å². The van der Waals surface area contributed by atoms with Crippen LogP contribution in [0.5, 0.6) is 0 Å². The van der Waals surface area contributed by atoms with Crippen LogP contribution in [0.15, 0.2) is 28.7 Å². The molecule has 1 aromatic heterocycles. The first kappa shape index (κ1) is 16.2. The zero-order valence-electron chi connectivity index (χ0n) is 12.7. The largest absolute Gasteiger partial charge is 0.313 e. The van der Waals surface area contributed by atoms with Crippen molar-refractivity contribution in [3.63, 3.8) is 0 Å². The van der Waals surface area contributed by atoms with Gasteiger partial charge in [0.1, 0.15) is 5.82 Å². The molecule has 0 saturated heterocycles. The Kier molecular flexibility index (Phi) is 5.53. The summed E-state index contributed by atoms with van der Waals surface area (Å²) in [5.41, 5.74) is 2.90. The monoisotopic (exact) mass is 353 g/mol. The topological polar surface area (TPSA) is 29.9 Å². The highest BCUT2D eigenvalue weighted by Gasteiger charge is 2.17. The predicted molar refractivity (Wildman–Crippen MR) is 86.9 cm³/mol. The second-order valence-corrected chi connectivity index (χ2v) is 5.92. The average molecular weight is 354 g/mol. The van der Waals surface area contributed by atoms with E-state index in [1.807, 2.05) is 23.9 Å². The summed E-state index contributed by atoms with van der Waals surface area (Å²) in [5, 5.41) is 7.76. The fourth-order valence-corrected chi connectivity index (χ4v) is 2.82. The second kappa shape index (κ2) is 7.18. The van der Waals surface area contributed by atoms with E-state index in [9.17, 15) is 4.39 Å². The van der Waals surface area contributed by atoms with Gasteiger partial charge in [-0.1, -0.05) is 28.9 Å². The van der Waals surface area contributed by atoms with Crippen molar-refractivity contribution in [1.29, 1.82) is 0 Å². The van der Waals surface area contributed by atoms with Gasteiger partial charge in [0.05, 0.1) is 5.69 Å². The fraction of sp³-hybridized carbons (Fsp3) is 0.438. The van der Waals surface area contributed by atoms with Crippen molar-refractivity contribution < 1.29 is 4.39 Å². The molecule has 0 saturated carbocycles. The highest BCUT2D eigenvalue weighted by Crippen LogP contribution is 2.24. The summed E-state index contributed by atoms with van der Waals surface area (Å²) in [6, 6.07) is 7.26. The van der Waals surface area contributed by atoms with Gasteiger partial charge in [-0.05, 0) is 38.6 Å². The SMILES string of the molecule is CCc1cc(CC(NC)c2ccc(Br)cc2F)n(CC)n1. The van der Waals surface area contributed by atoms with Gasteiger partial charge in [-0.3, -0.25) is 4.68 Å². The van der Waals surface area contributed by atoms with Crippen LogP contribution < -0.4 is 5.32 Å². The van der Waals surface area contributed by atoms with E-state index in [4.69, 9.17) is 0 Å². The molecule has 1 unspecified atom stereocenters. The lowest BCUT2D eigenvalue weighted by atomic mass is 10.0. The zero-order valence-corrected chi connectivity index (χ0v) is 14.2. The Morgan fingerprint density at radius 3 is 2.67 bits per heavy atom. The number of aromatic nitrogens is 2. The van der Waals surface area contributed by atoms with E-state index in [0.717, 1.165) is 35.2 Å². The molecule has 21 heavy (non-hydrogen) atoms. The first-order chi connectivity index (χ1) is 10.1. The van der Waals surface area contributed by atoms with E-state index in [0.29, 0.717) is 5.56 Å². The van der Waals surface area contributed by atoms with Gasteiger partial charge < -0.3 is 5.32 Å². The predicted octanol–water partition coefficient (Wildman–Crippen LogP) is 3.87. The van der Waals surface area contributed by atoms with Crippen LogP contribution >= 0.6 is 15.9 Å². The molecule has 2 aromatic rings. The number of halogens is 2. The molecule has 3 nitrogen and oxygen atoms in total. The van der Waals surface area contributed by atoms with Crippen LogP contribution in [0.3, 0.4) is 0 Å². The zero-order chi connectivity index (χ0) is 15.4. The van der Waals surface area contributed by atoms with Gasteiger partial charge in [-0.2, -0.15) is 5.10 Å². The van der Waals surface area contributed by atoms with E-state index in [1.54, 1.807) is 0 Å². The smallest absolute Gasteiger partial charge is 0.129 e. The average Bonchev–Trinajstić information content (AvgIpc) is 2.87. The first-order valence-corrected chi connectivity index (χ1v) is 8.06. The minimum atomic E-state index is -0.193. The summed E-state index contributed by atoms with van der Waals surface area (Å²) in [7, 11) is 1.86. The van der Waals surface area contributed by atoms with Crippen LogP contribution in [0, 0.1) is 5.82 Å². The van der Waals surface area contributed by atoms with Crippen molar-refractivity contribution in [3.05, 3.63) is 51.5 Å². The minimum absolute atomic E-state index is 0.0650. The summed E-state index contributed by atoms with van der Waals surface area (Å²) < 4.78 is 16.9. The van der Waals surface area contributed by atoms with Crippen molar-refractivity contribution in [2.24, 2.45) is 0 Å². The second-order valence-electron chi connectivity index (χ2n) is 5.01. The molecule has 0 aliphatic heterocycles. The molecule has 114 valence electrons. The van der Waals surface area contributed by atoms with Gasteiger partial charge in [-0.25, -0.2) is 4.39 Å². The Labute approximate surface area is 133 Å². The number of nitrogens with zero attached hydrogens (tertiary/aromatic N) is 2. The molecule has 1 N–H and O–H groups in total. The quantitative estimate of drug-likeness (QED) is 0.854. The molecule has 0 aliphatic rings. The maximum atomic E-state index is 14.2. The molecule has 1 atom stereocenters.